The fourth-order valence-corrected chi connectivity index (χ4v) is 2.38. The third kappa shape index (κ3) is 4.77. The van der Waals surface area contributed by atoms with Crippen molar-refractivity contribution in [2.45, 2.75) is 0 Å². The van der Waals surface area contributed by atoms with Crippen LogP contribution in [0, 0.1) is 15.9 Å². The van der Waals surface area contributed by atoms with Gasteiger partial charge >= 0.3 is 11.8 Å². The van der Waals surface area contributed by atoms with Gasteiger partial charge in [0, 0.05) is 24.7 Å². The van der Waals surface area contributed by atoms with Gasteiger partial charge < -0.3 is 15.2 Å². The summed E-state index contributed by atoms with van der Waals surface area (Å²) in [6, 6.07) is 10.9. The van der Waals surface area contributed by atoms with E-state index in [0.717, 1.165) is 0 Å². The molecule has 11 heteroatoms. The lowest BCUT2D eigenvalue weighted by atomic mass is 10.1. The van der Waals surface area contributed by atoms with Crippen LogP contribution in [0.3, 0.4) is 0 Å². The summed E-state index contributed by atoms with van der Waals surface area (Å²) in [4.78, 5) is 38.3. The van der Waals surface area contributed by atoms with E-state index in [4.69, 9.17) is 4.52 Å². The maximum absolute atomic E-state index is 12.9. The molecule has 3 rings (SSSR count). The third-order valence-corrected chi connectivity index (χ3v) is 3.76. The minimum Gasteiger partial charge on any atom is -0.350 e. The first kappa shape index (κ1) is 19.6. The first-order valence-corrected chi connectivity index (χ1v) is 8.35. The van der Waals surface area contributed by atoms with Gasteiger partial charge in [0.15, 0.2) is 0 Å². The molecule has 3 aromatic rings. The van der Waals surface area contributed by atoms with Crippen molar-refractivity contribution in [3.05, 3.63) is 75.9 Å². The molecule has 2 N–H and O–H groups in total. The summed E-state index contributed by atoms with van der Waals surface area (Å²) >= 11 is 0. The highest BCUT2D eigenvalue weighted by Gasteiger charge is 2.19. The van der Waals surface area contributed by atoms with Crippen LogP contribution < -0.4 is 10.6 Å². The van der Waals surface area contributed by atoms with Crippen LogP contribution in [-0.4, -0.2) is 40.0 Å². The Bertz CT molecular complexity index is 1050. The number of carbonyl (C=O) groups excluding carboxylic acids is 2. The summed E-state index contributed by atoms with van der Waals surface area (Å²) in [6.07, 6.45) is 0. The molecule has 0 fully saturated rings. The van der Waals surface area contributed by atoms with Crippen molar-refractivity contribution >= 4 is 17.5 Å². The molecule has 0 saturated carbocycles. The minimum atomic E-state index is -0.661. The third-order valence-electron chi connectivity index (χ3n) is 3.76. The summed E-state index contributed by atoms with van der Waals surface area (Å²) in [7, 11) is 0. The number of nitrogens with zero attached hydrogens (tertiary/aromatic N) is 3. The Labute approximate surface area is 162 Å². The van der Waals surface area contributed by atoms with Crippen LogP contribution >= 0.6 is 0 Å². The Hall–Kier alpha value is -4.15. The van der Waals surface area contributed by atoms with Crippen molar-refractivity contribution in [3.8, 4) is 11.4 Å². The summed E-state index contributed by atoms with van der Waals surface area (Å²) in [5.74, 6) is -1.89. The van der Waals surface area contributed by atoms with Gasteiger partial charge in [0.1, 0.15) is 11.4 Å². The second-order valence-corrected chi connectivity index (χ2v) is 5.72. The van der Waals surface area contributed by atoms with E-state index in [1.165, 1.54) is 48.5 Å². The Morgan fingerprint density at radius 3 is 2.38 bits per heavy atom. The average Bonchev–Trinajstić information content (AvgIpc) is 3.21. The fraction of sp³-hybridized carbons (Fsp3) is 0.111. The number of nitro benzene ring substituents is 1. The topological polar surface area (TPSA) is 140 Å². The van der Waals surface area contributed by atoms with E-state index in [0.29, 0.717) is 5.56 Å². The van der Waals surface area contributed by atoms with Crippen LogP contribution in [0.15, 0.2) is 53.1 Å². The van der Waals surface area contributed by atoms with Gasteiger partial charge in [-0.1, -0.05) is 17.3 Å². The number of carbonyl (C=O) groups is 2. The number of aromatic nitrogens is 2. The fourth-order valence-electron chi connectivity index (χ4n) is 2.38. The smallest absolute Gasteiger partial charge is 0.316 e. The average molecular weight is 399 g/mol. The molecule has 0 radical (unpaired) electrons. The molecule has 0 saturated heterocycles. The quantitative estimate of drug-likeness (QED) is 0.351. The molecular formula is C18H14FN5O5. The number of para-hydroxylation sites is 1. The van der Waals surface area contributed by atoms with Crippen LogP contribution in [0.25, 0.3) is 11.4 Å². The highest BCUT2D eigenvalue weighted by Crippen LogP contribution is 2.17. The van der Waals surface area contributed by atoms with Crippen molar-refractivity contribution in [2.24, 2.45) is 0 Å². The zero-order valence-electron chi connectivity index (χ0n) is 14.8. The molecule has 148 valence electrons. The number of nitro groups is 1. The molecule has 1 aromatic heterocycles. The molecular weight excluding hydrogens is 385 g/mol. The lowest BCUT2D eigenvalue weighted by molar-refractivity contribution is -0.385. The number of hydrogen-bond acceptors (Lipinski definition) is 7. The molecule has 0 atom stereocenters. The van der Waals surface area contributed by atoms with E-state index in [9.17, 15) is 24.1 Å². The maximum Gasteiger partial charge on any atom is 0.316 e. The number of nitrogens with one attached hydrogen (secondary N) is 2. The first-order chi connectivity index (χ1) is 14.0. The lowest BCUT2D eigenvalue weighted by Crippen LogP contribution is -2.35. The van der Waals surface area contributed by atoms with Gasteiger partial charge in [-0.05, 0) is 30.3 Å². The van der Waals surface area contributed by atoms with Gasteiger partial charge in [-0.2, -0.15) is 4.98 Å². The van der Waals surface area contributed by atoms with E-state index >= 15 is 0 Å². The molecule has 29 heavy (non-hydrogen) atoms. The van der Waals surface area contributed by atoms with E-state index in [2.05, 4.69) is 20.8 Å². The first-order valence-electron chi connectivity index (χ1n) is 8.35. The molecule has 2 aromatic carbocycles. The minimum absolute atomic E-state index is 0.0234. The summed E-state index contributed by atoms with van der Waals surface area (Å²) in [6.45, 7) is 0.0506. The highest BCUT2D eigenvalue weighted by atomic mass is 19.1. The van der Waals surface area contributed by atoms with Crippen LogP contribution in [0.2, 0.25) is 0 Å². The molecule has 0 bridgehead atoms. The molecule has 2 amide bonds. The van der Waals surface area contributed by atoms with E-state index in [-0.39, 0.29) is 36.1 Å². The van der Waals surface area contributed by atoms with Gasteiger partial charge in [-0.3, -0.25) is 19.7 Å². The monoisotopic (exact) mass is 399 g/mol. The summed E-state index contributed by atoms with van der Waals surface area (Å²) < 4.78 is 17.8. The van der Waals surface area contributed by atoms with Crippen molar-refractivity contribution in [3.63, 3.8) is 0 Å². The Kier molecular flexibility index (Phi) is 5.88. The molecule has 0 aliphatic rings. The van der Waals surface area contributed by atoms with E-state index in [1.807, 2.05) is 0 Å². The number of rotatable bonds is 7. The van der Waals surface area contributed by atoms with Crippen molar-refractivity contribution < 1.29 is 23.4 Å². The number of amides is 2. The lowest BCUT2D eigenvalue weighted by Gasteiger charge is -2.06. The zero-order valence-corrected chi connectivity index (χ0v) is 14.8. The SMILES string of the molecule is O=C(NCCNC(=O)c1ccccc1[N+](=O)[O-])c1nc(-c2ccc(F)cc2)no1. The predicted octanol–water partition coefficient (Wildman–Crippen LogP) is 1.94. The van der Waals surface area contributed by atoms with E-state index in [1.54, 1.807) is 0 Å². The second kappa shape index (κ2) is 8.69. The molecule has 0 unspecified atom stereocenters. The molecule has 0 spiro atoms. The molecule has 10 nitrogen and oxygen atoms in total. The normalized spacial score (nSPS) is 10.4. The molecule has 0 aliphatic heterocycles. The molecule has 0 aliphatic carbocycles. The van der Waals surface area contributed by atoms with Gasteiger partial charge in [-0.25, -0.2) is 4.39 Å². The molecule has 1 heterocycles. The second-order valence-electron chi connectivity index (χ2n) is 5.72. The predicted molar refractivity (Wildman–Crippen MR) is 97.5 cm³/mol. The zero-order chi connectivity index (χ0) is 20.8. The maximum atomic E-state index is 12.9. The largest absolute Gasteiger partial charge is 0.350 e. The van der Waals surface area contributed by atoms with Crippen molar-refractivity contribution in [1.29, 1.82) is 0 Å². The van der Waals surface area contributed by atoms with Crippen LogP contribution in [0.1, 0.15) is 21.0 Å². The van der Waals surface area contributed by atoms with Gasteiger partial charge in [0.05, 0.1) is 4.92 Å². The highest BCUT2D eigenvalue weighted by molar-refractivity contribution is 5.98. The standard InChI is InChI=1S/C18H14FN5O5/c19-12-7-5-11(6-8-12)15-22-18(29-23-15)17(26)21-10-9-20-16(25)13-3-1-2-4-14(13)24(27)28/h1-8H,9-10H2,(H,20,25)(H,21,26). The number of benzene rings is 2. The Morgan fingerprint density at radius 1 is 1.03 bits per heavy atom. The number of halogens is 1. The van der Waals surface area contributed by atoms with Crippen LogP contribution in [0.5, 0.6) is 0 Å². The summed E-state index contributed by atoms with van der Waals surface area (Å²) in [5.41, 5.74) is 0.0869. The van der Waals surface area contributed by atoms with Crippen LogP contribution in [-0.2, 0) is 0 Å². The number of hydrogen-bond donors (Lipinski definition) is 2. The van der Waals surface area contributed by atoms with Crippen molar-refractivity contribution in [1.82, 2.24) is 20.8 Å². The summed E-state index contributed by atoms with van der Waals surface area (Å²) in [5, 5.41) is 19.6. The Morgan fingerprint density at radius 2 is 1.69 bits per heavy atom. The van der Waals surface area contributed by atoms with Gasteiger partial charge in [0.2, 0.25) is 5.82 Å². The van der Waals surface area contributed by atoms with Gasteiger partial charge in [0.25, 0.3) is 11.6 Å². The van der Waals surface area contributed by atoms with E-state index < -0.39 is 22.6 Å². The van der Waals surface area contributed by atoms with Gasteiger partial charge in [-0.15, -0.1) is 0 Å². The van der Waals surface area contributed by atoms with Crippen molar-refractivity contribution in [2.75, 3.05) is 13.1 Å². The Balaban J connectivity index is 1.51. The van der Waals surface area contributed by atoms with Crippen LogP contribution in [0.4, 0.5) is 10.1 Å².